The van der Waals surface area contributed by atoms with Gasteiger partial charge in [0.05, 0.1) is 0 Å². The van der Waals surface area contributed by atoms with E-state index in [0.717, 1.165) is 16.7 Å². The molecule has 0 fully saturated rings. The minimum absolute atomic E-state index is 0.139. The van der Waals surface area contributed by atoms with Gasteiger partial charge in [-0.15, -0.1) is 0 Å². The van der Waals surface area contributed by atoms with Gasteiger partial charge in [0.15, 0.2) is 0 Å². The Labute approximate surface area is 142 Å². The van der Waals surface area contributed by atoms with E-state index in [-0.39, 0.29) is 10.8 Å². The average Bonchev–Trinajstić information content (AvgIpc) is 2.80. The second-order valence-electron chi connectivity index (χ2n) is 7.85. The molecular formula is C18H25N3OS. The van der Waals surface area contributed by atoms with Crippen LogP contribution >= 0.6 is 12.2 Å². The lowest BCUT2D eigenvalue weighted by Crippen LogP contribution is -2.17. The maximum Gasteiger partial charge on any atom is 0.213 e. The van der Waals surface area contributed by atoms with Crippen molar-refractivity contribution in [2.45, 2.75) is 52.4 Å². The highest BCUT2D eigenvalue weighted by Crippen LogP contribution is 2.40. The van der Waals surface area contributed by atoms with Crippen molar-refractivity contribution in [3.63, 3.8) is 0 Å². The van der Waals surface area contributed by atoms with E-state index in [1.165, 1.54) is 0 Å². The highest BCUT2D eigenvalue weighted by Gasteiger charge is 2.26. The van der Waals surface area contributed by atoms with Crippen LogP contribution in [0.15, 0.2) is 12.1 Å². The summed E-state index contributed by atoms with van der Waals surface area (Å²) in [5.41, 5.74) is 2.64. The number of aromatic hydroxyl groups is 1. The lowest BCUT2D eigenvalue weighted by molar-refractivity contribution is 0.423. The van der Waals surface area contributed by atoms with Gasteiger partial charge in [0.2, 0.25) is 4.77 Å². The fraction of sp³-hybridized carbons (Fsp3) is 0.444. The van der Waals surface area contributed by atoms with Crippen molar-refractivity contribution in [2.75, 3.05) is 0 Å². The lowest BCUT2D eigenvalue weighted by atomic mass is 9.78. The third-order valence-corrected chi connectivity index (χ3v) is 3.89. The third-order valence-electron chi connectivity index (χ3n) is 3.70. The maximum atomic E-state index is 10.7. The predicted octanol–water partition coefficient (Wildman–Crippen LogP) is 4.94. The van der Waals surface area contributed by atoms with Gasteiger partial charge in [-0.1, -0.05) is 47.6 Å². The minimum atomic E-state index is -0.139. The molecule has 2 rings (SSSR count). The molecule has 4 nitrogen and oxygen atoms in total. The molecule has 5 heteroatoms. The van der Waals surface area contributed by atoms with Crippen molar-refractivity contribution in [3.05, 3.63) is 39.4 Å². The molecule has 1 heterocycles. The first-order valence-corrected chi connectivity index (χ1v) is 8.10. The number of rotatable bonds is 2. The summed E-state index contributed by atoms with van der Waals surface area (Å²) in [5.74, 6) is 1.07. The fourth-order valence-corrected chi connectivity index (χ4v) is 2.58. The van der Waals surface area contributed by atoms with E-state index in [1.807, 2.05) is 24.3 Å². The number of hydrogen-bond acceptors (Lipinski definition) is 3. The third kappa shape index (κ3) is 4.10. The Morgan fingerprint density at radius 3 is 1.87 bits per heavy atom. The van der Waals surface area contributed by atoms with Gasteiger partial charge in [-0.2, -0.15) is 0 Å². The molecule has 0 radical (unpaired) electrons. The Morgan fingerprint density at radius 2 is 1.48 bits per heavy atom. The highest BCUT2D eigenvalue weighted by atomic mass is 32.1. The molecule has 0 atom stereocenters. The van der Waals surface area contributed by atoms with Gasteiger partial charge < -0.3 is 5.11 Å². The molecule has 23 heavy (non-hydrogen) atoms. The van der Waals surface area contributed by atoms with E-state index in [4.69, 9.17) is 12.2 Å². The molecule has 0 saturated carbocycles. The zero-order valence-corrected chi connectivity index (χ0v) is 15.4. The van der Waals surface area contributed by atoms with E-state index in [2.05, 4.69) is 56.7 Å². The van der Waals surface area contributed by atoms with Crippen LogP contribution in [0.5, 0.6) is 5.75 Å². The molecule has 0 saturated heterocycles. The first kappa shape index (κ1) is 17.5. The molecule has 3 N–H and O–H groups in total. The Bertz CT molecular complexity index is 751. The monoisotopic (exact) mass is 331 g/mol. The predicted molar refractivity (Wildman–Crippen MR) is 98.2 cm³/mol. The molecule has 124 valence electrons. The van der Waals surface area contributed by atoms with Crippen LogP contribution in [-0.4, -0.2) is 20.3 Å². The summed E-state index contributed by atoms with van der Waals surface area (Å²) >= 11 is 4.96. The van der Waals surface area contributed by atoms with E-state index < -0.39 is 0 Å². The Hall–Kier alpha value is -1.88. The molecule has 0 unspecified atom stereocenters. The standard InChI is InChI=1S/C18H25N3OS/c1-17(2,3)12-9-11(7-8-14-19-16(23)21-20-14)10-13(15(12)22)18(4,5)6/h7-10,22H,1-6H3,(H2,19,20,21,23)/b8-7+. The van der Waals surface area contributed by atoms with Crippen molar-refractivity contribution < 1.29 is 5.11 Å². The normalized spacial score (nSPS) is 13.0. The summed E-state index contributed by atoms with van der Waals surface area (Å²) in [5, 5.41) is 16.4. The Balaban J connectivity index is 2.56. The topological polar surface area (TPSA) is 64.7 Å². The maximum absolute atomic E-state index is 10.7. The summed E-state index contributed by atoms with van der Waals surface area (Å²) in [6, 6.07) is 4.06. The SMILES string of the molecule is CC(C)(C)c1cc(/C=C/c2nc(=S)[nH][nH]2)cc(C(C)(C)C)c1O. The van der Waals surface area contributed by atoms with Crippen molar-refractivity contribution in [2.24, 2.45) is 0 Å². The molecular weight excluding hydrogens is 306 g/mol. The molecule has 1 aromatic carbocycles. The molecule has 0 aliphatic carbocycles. The van der Waals surface area contributed by atoms with E-state index in [1.54, 1.807) is 0 Å². The van der Waals surface area contributed by atoms with E-state index in [9.17, 15) is 5.11 Å². The largest absolute Gasteiger partial charge is 0.507 e. The van der Waals surface area contributed by atoms with Crippen LogP contribution < -0.4 is 0 Å². The van der Waals surface area contributed by atoms with Crippen molar-refractivity contribution in [3.8, 4) is 5.75 Å². The quantitative estimate of drug-likeness (QED) is 0.683. The first-order chi connectivity index (χ1) is 10.5. The number of phenolic OH excluding ortho intramolecular Hbond substituents is 1. The van der Waals surface area contributed by atoms with Gasteiger partial charge in [-0.25, -0.2) is 4.98 Å². The Kier molecular flexibility index (Phi) is 4.53. The number of phenols is 1. The molecule has 0 bridgehead atoms. The van der Waals surface area contributed by atoms with E-state index in [0.29, 0.717) is 16.3 Å². The summed E-state index contributed by atoms with van der Waals surface area (Å²) in [6.45, 7) is 12.6. The van der Waals surface area contributed by atoms with Crippen LogP contribution in [0.25, 0.3) is 12.2 Å². The molecule has 1 aromatic heterocycles. The highest BCUT2D eigenvalue weighted by molar-refractivity contribution is 7.71. The van der Waals surface area contributed by atoms with Crippen molar-refractivity contribution in [1.82, 2.24) is 15.2 Å². The summed E-state index contributed by atoms with van der Waals surface area (Å²) in [6.07, 6.45) is 3.85. The number of aromatic amines is 2. The lowest BCUT2D eigenvalue weighted by Gasteiger charge is -2.27. The van der Waals surface area contributed by atoms with Gasteiger partial charge in [-0.05, 0) is 46.8 Å². The zero-order chi connectivity index (χ0) is 17.4. The van der Waals surface area contributed by atoms with Crippen LogP contribution in [0.4, 0.5) is 0 Å². The number of nitrogens with one attached hydrogen (secondary N) is 2. The minimum Gasteiger partial charge on any atom is -0.507 e. The number of hydrogen-bond donors (Lipinski definition) is 3. The van der Waals surface area contributed by atoms with Crippen LogP contribution in [0, 0.1) is 4.77 Å². The second kappa shape index (κ2) is 5.96. The molecule has 0 aliphatic rings. The first-order valence-electron chi connectivity index (χ1n) is 7.69. The fourth-order valence-electron chi connectivity index (χ4n) is 2.43. The van der Waals surface area contributed by atoms with E-state index >= 15 is 0 Å². The van der Waals surface area contributed by atoms with Crippen LogP contribution in [-0.2, 0) is 10.8 Å². The van der Waals surface area contributed by atoms with Crippen LogP contribution in [0.1, 0.15) is 64.1 Å². The zero-order valence-electron chi connectivity index (χ0n) is 14.6. The number of H-pyrrole nitrogens is 2. The van der Waals surface area contributed by atoms with Gasteiger partial charge in [0.25, 0.3) is 0 Å². The summed E-state index contributed by atoms with van der Waals surface area (Å²) in [4.78, 5) is 4.15. The number of nitrogens with zero attached hydrogens (tertiary/aromatic N) is 1. The summed E-state index contributed by atoms with van der Waals surface area (Å²) in [7, 11) is 0. The van der Waals surface area contributed by atoms with Gasteiger partial charge in [0.1, 0.15) is 11.6 Å². The van der Waals surface area contributed by atoms with Gasteiger partial charge in [0, 0.05) is 11.1 Å². The summed E-state index contributed by atoms with van der Waals surface area (Å²) < 4.78 is 0.432. The smallest absolute Gasteiger partial charge is 0.213 e. The van der Waals surface area contributed by atoms with Crippen molar-refractivity contribution >= 4 is 24.4 Å². The molecule has 0 aliphatic heterocycles. The van der Waals surface area contributed by atoms with Crippen LogP contribution in [0.2, 0.25) is 0 Å². The number of aromatic nitrogens is 3. The van der Waals surface area contributed by atoms with Gasteiger partial charge in [-0.3, -0.25) is 10.2 Å². The molecule has 2 aromatic rings. The van der Waals surface area contributed by atoms with Gasteiger partial charge >= 0.3 is 0 Å². The molecule has 0 spiro atoms. The average molecular weight is 331 g/mol. The van der Waals surface area contributed by atoms with Crippen LogP contribution in [0.3, 0.4) is 0 Å². The second-order valence-corrected chi connectivity index (χ2v) is 8.24. The Morgan fingerprint density at radius 1 is 0.957 bits per heavy atom. The number of benzene rings is 1. The van der Waals surface area contributed by atoms with Crippen molar-refractivity contribution in [1.29, 1.82) is 0 Å². The molecule has 0 amide bonds.